The third-order valence-corrected chi connectivity index (χ3v) is 4.46. The molecule has 0 saturated carbocycles. The number of nitrogens with zero attached hydrogens (tertiary/aromatic N) is 2. The molecule has 2 N–H and O–H groups in total. The largest absolute Gasteiger partial charge is 0.524 e. The van der Waals surface area contributed by atoms with Crippen molar-refractivity contribution in [2.45, 2.75) is 60.5 Å². The average molecular weight is 803 g/mol. The minimum atomic E-state index is -0.759. The Hall–Kier alpha value is -4.03. The predicted molar refractivity (Wildman–Crippen MR) is 143 cm³/mol. The van der Waals surface area contributed by atoms with Crippen LogP contribution in [0.1, 0.15) is 46.6 Å². The van der Waals surface area contributed by atoms with E-state index >= 15 is 0 Å². The fourth-order valence-electron chi connectivity index (χ4n) is 2.73. The summed E-state index contributed by atoms with van der Waals surface area (Å²) in [5.74, 6) is -1.23. The van der Waals surface area contributed by atoms with Gasteiger partial charge in [0.15, 0.2) is 0 Å². The molecule has 1 aromatic rings. The van der Waals surface area contributed by atoms with E-state index in [4.69, 9.17) is 18.9 Å². The first kappa shape index (κ1) is 39.5. The molecule has 232 valence electrons. The summed E-state index contributed by atoms with van der Waals surface area (Å²) in [7, 11) is 1.56. The summed E-state index contributed by atoms with van der Waals surface area (Å²) < 4.78 is 21.7. The molecule has 0 saturated heterocycles. The number of ether oxygens (including phenoxy) is 4. The SMILES string of the molecule is CC.CC.CCCOC(=O)CN(CC(COCCOCCOC)N[C-]=O)C(=O)Cn1cc(C)c(=O)[nH]c1=O.[Fm]. The van der Waals surface area contributed by atoms with Crippen LogP contribution in [0.2, 0.25) is 0 Å². The number of hydrogen-bond acceptors (Lipinski definition) is 9. The van der Waals surface area contributed by atoms with E-state index in [-0.39, 0.29) is 31.9 Å². The number of methoxy groups -OCH3 is 1. The van der Waals surface area contributed by atoms with Crippen LogP contribution in [0.15, 0.2) is 15.8 Å². The molecular weight excluding hydrogens is 757 g/mol. The van der Waals surface area contributed by atoms with Crippen molar-refractivity contribution in [2.24, 2.45) is 0 Å². The second-order valence-electron chi connectivity index (χ2n) is 7.32. The number of hydrogen-bond donors (Lipinski definition) is 2. The number of carbonyl (C=O) groups excluding carboxylic acids is 3. The molecule has 1 heterocycles. The zero-order valence-corrected chi connectivity index (χ0v) is 26.5. The second-order valence-corrected chi connectivity index (χ2v) is 7.32. The molecule has 39 heavy (non-hydrogen) atoms. The van der Waals surface area contributed by atoms with Crippen LogP contribution >= 0.6 is 0 Å². The second kappa shape index (κ2) is 25.6. The Morgan fingerprint density at radius 3 is 2.28 bits per heavy atom. The van der Waals surface area contributed by atoms with Crippen molar-refractivity contribution in [3.8, 4) is 0 Å². The van der Waals surface area contributed by atoms with E-state index in [1.165, 1.54) is 13.1 Å². The van der Waals surface area contributed by atoms with Gasteiger partial charge in [0.05, 0.1) is 39.6 Å². The van der Waals surface area contributed by atoms with Crippen molar-refractivity contribution in [3.05, 3.63) is 32.6 Å². The van der Waals surface area contributed by atoms with Crippen LogP contribution in [0.4, 0.5) is 0 Å². The number of carbonyl (C=O) groups is 2. The van der Waals surface area contributed by atoms with Crippen molar-refractivity contribution in [2.75, 3.05) is 59.8 Å². The quantitative estimate of drug-likeness (QED) is 0.0928. The summed E-state index contributed by atoms with van der Waals surface area (Å²) in [6, 6.07) is -0.687. The molecule has 0 aromatic carbocycles. The van der Waals surface area contributed by atoms with Gasteiger partial charge in [-0.25, -0.2) is 4.79 Å². The number of aromatic amines is 1. The Bertz CT molecular complexity index is 893. The van der Waals surface area contributed by atoms with Gasteiger partial charge in [0, 0.05) is 31.5 Å². The van der Waals surface area contributed by atoms with E-state index in [0.29, 0.717) is 26.2 Å². The van der Waals surface area contributed by atoms with Crippen LogP contribution < -0.4 is 16.6 Å². The van der Waals surface area contributed by atoms with Gasteiger partial charge in [-0.2, -0.15) is 6.41 Å². The summed E-state index contributed by atoms with van der Waals surface area (Å²) in [6.07, 6.45) is 3.43. The van der Waals surface area contributed by atoms with Gasteiger partial charge in [0.1, 0.15) is 13.1 Å². The molecule has 1 unspecified atom stereocenters. The van der Waals surface area contributed by atoms with Crippen LogP contribution in [0, 0.1) is 6.92 Å². The zero-order valence-electron chi connectivity index (χ0n) is 24.1. The number of H-pyrrole nitrogens is 1. The van der Waals surface area contributed by atoms with Gasteiger partial charge in [-0.1, -0.05) is 34.6 Å². The molecule has 1 atom stereocenters. The maximum Gasteiger partial charge on any atom is 0.328 e. The first-order valence-corrected chi connectivity index (χ1v) is 12.8. The molecule has 0 fully saturated rings. The number of aryl methyl sites for hydroxylation is 1. The fourth-order valence-corrected chi connectivity index (χ4v) is 2.73. The molecule has 0 aliphatic rings. The van der Waals surface area contributed by atoms with E-state index in [2.05, 4.69) is 10.3 Å². The van der Waals surface area contributed by atoms with Crippen molar-refractivity contribution in [3.63, 3.8) is 0 Å². The van der Waals surface area contributed by atoms with E-state index in [1.807, 2.05) is 34.6 Å². The van der Waals surface area contributed by atoms with E-state index in [1.54, 1.807) is 13.5 Å². The predicted octanol–water partition coefficient (Wildman–Crippen LogP) is 0.384. The minimum absolute atomic E-state index is 0. The summed E-state index contributed by atoms with van der Waals surface area (Å²) >= 11 is 0. The van der Waals surface area contributed by atoms with Gasteiger partial charge in [-0.05, 0) is 13.3 Å². The van der Waals surface area contributed by atoms with Gasteiger partial charge in [-0.3, -0.25) is 23.9 Å². The Morgan fingerprint density at radius 2 is 1.69 bits per heavy atom. The van der Waals surface area contributed by atoms with E-state index in [0.717, 1.165) is 9.47 Å². The zero-order chi connectivity index (χ0) is 29.3. The van der Waals surface area contributed by atoms with Gasteiger partial charge in [-0.15, -0.1) is 0 Å². The van der Waals surface area contributed by atoms with Crippen molar-refractivity contribution < 1.29 is 33.3 Å². The Balaban J connectivity index is -0.00000247. The summed E-state index contributed by atoms with van der Waals surface area (Å²) in [5, 5.41) is 2.43. The molecule has 0 aliphatic carbocycles. The molecule has 14 heteroatoms. The van der Waals surface area contributed by atoms with Crippen LogP contribution in [-0.2, 0) is 39.9 Å². The number of esters is 1. The van der Waals surface area contributed by atoms with Crippen LogP contribution in [0.25, 0.3) is 0 Å². The summed E-state index contributed by atoms with van der Waals surface area (Å²) in [6.45, 7) is 12.0. The molecule has 2 amide bonds. The number of rotatable bonds is 18. The molecule has 0 bridgehead atoms. The molecule has 13 nitrogen and oxygen atoms in total. The number of aromatic nitrogens is 2. The molecular formula is C25H45FmN4O9-. The topological polar surface area (TPSA) is 158 Å². The van der Waals surface area contributed by atoms with Crippen LogP contribution in [0.3, 0.4) is 0 Å². The standard InChI is InChI=1S/C21H33N4O9.2C2H6.Fm/c1-4-5-34-19(28)13-24(18(27)12-25-10-16(2)20(29)23-21(25)30)11-17(22-15-26)14-33-9-8-32-7-6-31-3;2*1-2;/h10,17H,4-9,11-14H2,1-3H3,(H,22,26)(H,23,29,30);2*1-2H3;/q-1;;;. The van der Waals surface area contributed by atoms with Gasteiger partial charge < -0.3 is 34.0 Å². The Labute approximate surface area is 224 Å². The fraction of sp³-hybridized carbons (Fsp3) is 0.720. The number of amides is 2. The van der Waals surface area contributed by atoms with Gasteiger partial charge in [0.2, 0.25) is 5.91 Å². The van der Waals surface area contributed by atoms with Crippen molar-refractivity contribution >= 4 is 18.3 Å². The van der Waals surface area contributed by atoms with Crippen molar-refractivity contribution in [1.29, 1.82) is 0 Å². The third kappa shape index (κ3) is 18.0. The molecule has 1 aromatic heterocycles. The van der Waals surface area contributed by atoms with Gasteiger partial charge in [0.25, 0.3) is 5.56 Å². The molecule has 0 aliphatic heterocycles. The minimum Gasteiger partial charge on any atom is -0.524 e. The average Bonchev–Trinajstić information content (AvgIpc) is 2.91. The first-order valence-electron chi connectivity index (χ1n) is 12.8. The summed E-state index contributed by atoms with van der Waals surface area (Å²) in [4.78, 5) is 63.0. The normalized spacial score (nSPS) is 10.4. The van der Waals surface area contributed by atoms with Crippen LogP contribution in [-0.4, -0.2) is 98.6 Å². The maximum absolute atomic E-state index is 13.0. The van der Waals surface area contributed by atoms with Gasteiger partial charge >= 0.3 is 11.7 Å². The molecule has 1 rings (SSSR count). The Kier molecular flexibility index (Phi) is 25.9. The number of nitrogens with one attached hydrogen (secondary N) is 2. The molecule has 0 spiro atoms. The van der Waals surface area contributed by atoms with E-state index in [9.17, 15) is 24.0 Å². The van der Waals surface area contributed by atoms with E-state index < -0.39 is 42.3 Å². The summed E-state index contributed by atoms with van der Waals surface area (Å²) in [5.41, 5.74) is -1.06. The third-order valence-electron chi connectivity index (χ3n) is 4.46. The maximum atomic E-state index is 13.0. The van der Waals surface area contributed by atoms with Crippen LogP contribution in [0.5, 0.6) is 0 Å². The first-order chi connectivity index (χ1) is 18.3. The Morgan fingerprint density at radius 1 is 1.08 bits per heavy atom. The smallest absolute Gasteiger partial charge is 0.328 e. The van der Waals surface area contributed by atoms with Crippen molar-refractivity contribution in [1.82, 2.24) is 19.8 Å². The molecule has 0 radical (unpaired) electrons. The monoisotopic (exact) mass is 802 g/mol.